The maximum Gasteiger partial charge on any atom is 0.0700 e. The van der Waals surface area contributed by atoms with E-state index in [0.29, 0.717) is 12.5 Å². The third-order valence-electron chi connectivity index (χ3n) is 10.6. The van der Waals surface area contributed by atoms with Crippen molar-refractivity contribution in [1.82, 2.24) is 0 Å². The number of hydrogen-bond donors (Lipinski definition) is 0. The first kappa shape index (κ1) is 33.8. The van der Waals surface area contributed by atoms with E-state index in [1.807, 2.05) is 0 Å². The van der Waals surface area contributed by atoms with Crippen LogP contribution in [0.1, 0.15) is 18.4 Å². The second-order valence-electron chi connectivity index (χ2n) is 14.1. The van der Waals surface area contributed by atoms with E-state index in [1.165, 1.54) is 22.0 Å². The monoisotopic (exact) mass is 687 g/mol. The van der Waals surface area contributed by atoms with Gasteiger partial charge in [0.15, 0.2) is 0 Å². The number of rotatable bonds is 8. The number of nitrogens with zero attached hydrogens (tertiary/aromatic N) is 3. The summed E-state index contributed by atoms with van der Waals surface area (Å²) in [6.45, 7) is 11.9. The Morgan fingerprint density at radius 1 is 0.736 bits per heavy atom. The third kappa shape index (κ3) is 6.86. The highest BCUT2D eigenvalue weighted by molar-refractivity contribution is 5.99. The van der Waals surface area contributed by atoms with Gasteiger partial charge in [-0.2, -0.15) is 0 Å². The minimum absolute atomic E-state index is 0.0355. The Bertz CT molecular complexity index is 2330. The maximum absolute atomic E-state index is 4.62. The Morgan fingerprint density at radius 3 is 2.30 bits per heavy atom. The molecule has 1 saturated carbocycles. The van der Waals surface area contributed by atoms with Crippen LogP contribution in [-0.4, -0.2) is 12.1 Å². The van der Waals surface area contributed by atoms with Crippen LogP contribution in [0, 0.1) is 12.8 Å². The van der Waals surface area contributed by atoms with Crippen LogP contribution in [0.25, 0.3) is 10.8 Å². The molecular weight excluding hydrogens is 643 g/mol. The van der Waals surface area contributed by atoms with Crippen molar-refractivity contribution in [3.05, 3.63) is 224 Å². The summed E-state index contributed by atoms with van der Waals surface area (Å²) in [5.74, 6) is 0.505. The number of anilines is 5. The van der Waals surface area contributed by atoms with E-state index < -0.39 is 0 Å². The van der Waals surface area contributed by atoms with Gasteiger partial charge in [0, 0.05) is 52.5 Å². The molecule has 0 N–H and O–H groups in total. The molecule has 0 saturated heterocycles. The van der Waals surface area contributed by atoms with Gasteiger partial charge in [0.1, 0.15) is 0 Å². The summed E-state index contributed by atoms with van der Waals surface area (Å²) in [6.07, 6.45) is 26.2. The topological polar surface area (TPSA) is 9.72 Å². The SMILES string of the molecule is C=C1C/C=C\C=C/CN(c2ccc(N(c3ccccc3)c3cccc4ccccc34)cc2)/C(=C/C=C/N(c2cccc(C)c2)C23C=CC=CC2C3)C1=C. The van der Waals surface area contributed by atoms with Gasteiger partial charge in [0.05, 0.1) is 11.2 Å². The van der Waals surface area contributed by atoms with E-state index in [0.717, 1.165) is 52.4 Å². The predicted octanol–water partition coefficient (Wildman–Crippen LogP) is 12.8. The Labute approximate surface area is 314 Å². The van der Waals surface area contributed by atoms with E-state index in [4.69, 9.17) is 0 Å². The van der Waals surface area contributed by atoms with Crippen LogP contribution in [0.5, 0.6) is 0 Å². The van der Waals surface area contributed by atoms with Gasteiger partial charge in [-0.25, -0.2) is 0 Å². The van der Waals surface area contributed by atoms with Crippen LogP contribution in [0.2, 0.25) is 0 Å². The van der Waals surface area contributed by atoms with Crippen LogP contribution in [0.3, 0.4) is 0 Å². The number of aryl methyl sites for hydroxylation is 1. The molecule has 5 aromatic rings. The van der Waals surface area contributed by atoms with Crippen molar-refractivity contribution in [2.45, 2.75) is 25.3 Å². The highest BCUT2D eigenvalue weighted by atomic mass is 15.2. The van der Waals surface area contributed by atoms with Crippen molar-refractivity contribution in [2.75, 3.05) is 21.2 Å². The molecule has 0 bridgehead atoms. The van der Waals surface area contributed by atoms with Gasteiger partial charge in [0.25, 0.3) is 0 Å². The summed E-state index contributed by atoms with van der Waals surface area (Å²) in [4.78, 5) is 7.15. The Morgan fingerprint density at radius 2 is 1.47 bits per heavy atom. The Kier molecular flexibility index (Phi) is 9.40. The van der Waals surface area contributed by atoms with E-state index in [1.54, 1.807) is 0 Å². The van der Waals surface area contributed by atoms with Crippen molar-refractivity contribution in [2.24, 2.45) is 5.92 Å². The predicted molar refractivity (Wildman–Crippen MR) is 227 cm³/mol. The van der Waals surface area contributed by atoms with Crippen LogP contribution in [0.4, 0.5) is 28.4 Å². The molecule has 2 unspecified atom stereocenters. The fourth-order valence-electron chi connectivity index (χ4n) is 7.68. The zero-order chi connectivity index (χ0) is 36.2. The number of hydrogen-bond acceptors (Lipinski definition) is 3. The first-order valence-electron chi connectivity index (χ1n) is 18.5. The fraction of sp³-hybridized carbons (Fsp3) is 0.120. The number of fused-ring (bicyclic) bond motifs is 2. The molecule has 3 nitrogen and oxygen atoms in total. The summed E-state index contributed by atoms with van der Waals surface area (Å²) >= 11 is 0. The van der Waals surface area contributed by atoms with E-state index >= 15 is 0 Å². The van der Waals surface area contributed by atoms with Gasteiger partial charge >= 0.3 is 0 Å². The maximum atomic E-state index is 4.62. The normalized spacial score (nSPS) is 21.5. The van der Waals surface area contributed by atoms with Crippen LogP contribution >= 0.6 is 0 Å². The van der Waals surface area contributed by atoms with E-state index in [-0.39, 0.29) is 5.54 Å². The van der Waals surface area contributed by atoms with Gasteiger partial charge in [0.2, 0.25) is 0 Å². The first-order chi connectivity index (χ1) is 26.0. The third-order valence-corrected chi connectivity index (χ3v) is 10.6. The Balaban J connectivity index is 1.19. The van der Waals surface area contributed by atoms with Crippen LogP contribution in [0.15, 0.2) is 218 Å². The molecule has 1 heterocycles. The molecule has 0 amide bonds. The average molecular weight is 688 g/mol. The second-order valence-corrected chi connectivity index (χ2v) is 14.1. The molecule has 0 spiro atoms. The van der Waals surface area contributed by atoms with E-state index in [9.17, 15) is 0 Å². The quantitative estimate of drug-likeness (QED) is 0.161. The largest absolute Gasteiger partial charge is 0.338 e. The lowest BCUT2D eigenvalue weighted by Crippen LogP contribution is -2.33. The van der Waals surface area contributed by atoms with Crippen LogP contribution in [-0.2, 0) is 0 Å². The Hall–Kier alpha value is -6.32. The minimum atomic E-state index is -0.0355. The molecule has 1 aliphatic heterocycles. The molecule has 3 aliphatic rings. The molecule has 260 valence electrons. The summed E-state index contributed by atoms with van der Waals surface area (Å²) in [7, 11) is 0. The minimum Gasteiger partial charge on any atom is -0.338 e. The molecule has 8 rings (SSSR count). The van der Waals surface area contributed by atoms with Crippen LogP contribution < -0.4 is 14.7 Å². The fourth-order valence-corrected chi connectivity index (χ4v) is 7.68. The molecular formula is C50H45N3. The molecule has 5 aromatic carbocycles. The highest BCUT2D eigenvalue weighted by Crippen LogP contribution is 2.54. The van der Waals surface area contributed by atoms with Crippen molar-refractivity contribution in [3.8, 4) is 0 Å². The number of para-hydroxylation sites is 1. The lowest BCUT2D eigenvalue weighted by atomic mass is 10.00. The molecule has 0 aromatic heterocycles. The van der Waals surface area contributed by atoms with Gasteiger partial charge in [-0.15, -0.1) is 0 Å². The van der Waals surface area contributed by atoms with Crippen molar-refractivity contribution >= 4 is 39.2 Å². The molecule has 3 heteroatoms. The summed E-state index contributed by atoms with van der Waals surface area (Å²) < 4.78 is 0. The van der Waals surface area contributed by atoms with Gasteiger partial charge in [-0.1, -0.05) is 128 Å². The highest BCUT2D eigenvalue weighted by Gasteiger charge is 2.55. The van der Waals surface area contributed by atoms with Gasteiger partial charge < -0.3 is 14.7 Å². The second kappa shape index (κ2) is 14.7. The smallest absolute Gasteiger partial charge is 0.0700 e. The van der Waals surface area contributed by atoms with Crippen molar-refractivity contribution in [3.63, 3.8) is 0 Å². The standard InChI is InChI=1S/C50H45N3/c1-38-18-15-25-46(36-38)52(50-33-13-12-22-42(50)37-50)35-17-28-48-40(3)39(2)19-7-4-5-14-34-51(48)43-29-31-45(32-30-43)53(44-23-8-6-9-24-44)49-27-16-21-41-20-10-11-26-47(41)49/h4-18,20-33,35-36,42H,2-3,19,34,37H2,1H3/b7-4-,14-5-,35-17+,48-28+. The molecule has 2 aliphatic carbocycles. The molecule has 53 heavy (non-hydrogen) atoms. The zero-order valence-electron chi connectivity index (χ0n) is 30.4. The molecule has 2 atom stereocenters. The lowest BCUT2D eigenvalue weighted by Gasteiger charge is -2.32. The van der Waals surface area contributed by atoms with E-state index in [2.05, 4.69) is 223 Å². The lowest BCUT2D eigenvalue weighted by molar-refractivity contribution is 0.745. The zero-order valence-corrected chi connectivity index (χ0v) is 30.4. The average Bonchev–Trinajstić information content (AvgIpc) is 3.94. The summed E-state index contributed by atoms with van der Waals surface area (Å²) in [5.41, 5.74) is 9.81. The number of allylic oxidation sites excluding steroid dienone is 8. The van der Waals surface area contributed by atoms with Gasteiger partial charge in [-0.3, -0.25) is 0 Å². The summed E-state index contributed by atoms with van der Waals surface area (Å²) in [6, 6.07) is 43.4. The van der Waals surface area contributed by atoms with Crippen molar-refractivity contribution in [1.29, 1.82) is 0 Å². The summed E-state index contributed by atoms with van der Waals surface area (Å²) in [5, 5.41) is 2.42. The molecule has 1 fully saturated rings. The van der Waals surface area contributed by atoms with Crippen molar-refractivity contribution < 1.29 is 0 Å². The molecule has 0 radical (unpaired) electrons. The first-order valence-corrected chi connectivity index (χ1v) is 18.5. The van der Waals surface area contributed by atoms with Gasteiger partial charge in [-0.05, 0) is 109 Å². The number of benzene rings is 5.